The van der Waals surface area contributed by atoms with Crippen LogP contribution in [0.2, 0.25) is 0 Å². The standard InChI is InChI=1S/C20H25N3O4S2/c1-14(2)19(24)21-17-7-5-16(6-8-17)20(25)22-10-12-23(13-11-22)29(26,27)18-9-4-15(3)28-18/h4-9,14H,10-13H2,1-3H3,(H,21,24). The van der Waals surface area contributed by atoms with Crippen LogP contribution in [0.25, 0.3) is 0 Å². The summed E-state index contributed by atoms with van der Waals surface area (Å²) in [5.41, 5.74) is 1.15. The van der Waals surface area contributed by atoms with Crippen molar-refractivity contribution in [3.05, 3.63) is 46.8 Å². The van der Waals surface area contributed by atoms with Gasteiger partial charge in [-0.15, -0.1) is 11.3 Å². The van der Waals surface area contributed by atoms with Gasteiger partial charge in [0, 0.05) is 48.2 Å². The minimum Gasteiger partial charge on any atom is -0.336 e. The zero-order chi connectivity index (χ0) is 21.2. The van der Waals surface area contributed by atoms with Gasteiger partial charge in [-0.25, -0.2) is 8.42 Å². The summed E-state index contributed by atoms with van der Waals surface area (Å²) in [6.07, 6.45) is 0. The first-order chi connectivity index (χ1) is 13.7. The Morgan fingerprint density at radius 1 is 1.00 bits per heavy atom. The number of amides is 2. The smallest absolute Gasteiger partial charge is 0.253 e. The molecule has 2 aromatic rings. The number of aryl methyl sites for hydroxylation is 1. The molecule has 1 aromatic carbocycles. The first-order valence-electron chi connectivity index (χ1n) is 9.45. The summed E-state index contributed by atoms with van der Waals surface area (Å²) in [7, 11) is -3.51. The highest BCUT2D eigenvalue weighted by Gasteiger charge is 2.31. The number of rotatable bonds is 5. The van der Waals surface area contributed by atoms with Crippen molar-refractivity contribution < 1.29 is 18.0 Å². The molecule has 29 heavy (non-hydrogen) atoms. The summed E-state index contributed by atoms with van der Waals surface area (Å²) >= 11 is 1.26. The number of nitrogens with zero attached hydrogens (tertiary/aromatic N) is 2. The van der Waals surface area contributed by atoms with Crippen LogP contribution in [-0.2, 0) is 14.8 Å². The van der Waals surface area contributed by atoms with E-state index in [4.69, 9.17) is 0 Å². The van der Waals surface area contributed by atoms with E-state index in [0.29, 0.717) is 28.5 Å². The molecule has 9 heteroatoms. The van der Waals surface area contributed by atoms with Gasteiger partial charge in [-0.2, -0.15) is 4.31 Å². The number of hydrogen-bond acceptors (Lipinski definition) is 5. The van der Waals surface area contributed by atoms with Crippen molar-refractivity contribution in [2.45, 2.75) is 25.0 Å². The zero-order valence-corrected chi connectivity index (χ0v) is 18.3. The molecule has 1 N–H and O–H groups in total. The highest BCUT2D eigenvalue weighted by atomic mass is 32.2. The number of sulfonamides is 1. The third-order valence-electron chi connectivity index (χ3n) is 4.76. The quantitative estimate of drug-likeness (QED) is 0.782. The van der Waals surface area contributed by atoms with E-state index in [-0.39, 0.29) is 30.8 Å². The molecule has 2 amide bonds. The van der Waals surface area contributed by atoms with Gasteiger partial charge >= 0.3 is 0 Å². The molecule has 1 aliphatic heterocycles. The van der Waals surface area contributed by atoms with Crippen molar-refractivity contribution in [1.29, 1.82) is 0 Å². The fourth-order valence-corrected chi connectivity index (χ4v) is 5.83. The van der Waals surface area contributed by atoms with Crippen molar-refractivity contribution in [1.82, 2.24) is 9.21 Å². The van der Waals surface area contributed by atoms with Gasteiger partial charge in [-0.1, -0.05) is 13.8 Å². The lowest BCUT2D eigenvalue weighted by Crippen LogP contribution is -2.50. The SMILES string of the molecule is Cc1ccc(S(=O)(=O)N2CCN(C(=O)c3ccc(NC(=O)C(C)C)cc3)CC2)s1. The van der Waals surface area contributed by atoms with Crippen molar-refractivity contribution >= 4 is 38.9 Å². The van der Waals surface area contributed by atoms with Gasteiger partial charge in [-0.05, 0) is 43.3 Å². The topological polar surface area (TPSA) is 86.8 Å². The Bertz CT molecular complexity index is 989. The summed E-state index contributed by atoms with van der Waals surface area (Å²) < 4.78 is 27.2. The maximum absolute atomic E-state index is 12.7. The fourth-order valence-electron chi connectivity index (χ4n) is 2.97. The number of carbonyl (C=O) groups is 2. The molecule has 7 nitrogen and oxygen atoms in total. The number of carbonyl (C=O) groups excluding carboxylic acids is 2. The molecule has 0 atom stereocenters. The van der Waals surface area contributed by atoms with Crippen LogP contribution >= 0.6 is 11.3 Å². The molecule has 1 aliphatic rings. The average molecular weight is 436 g/mol. The van der Waals surface area contributed by atoms with Gasteiger partial charge in [0.05, 0.1) is 0 Å². The Balaban J connectivity index is 1.61. The minimum absolute atomic E-state index is 0.0812. The highest BCUT2D eigenvalue weighted by Crippen LogP contribution is 2.25. The van der Waals surface area contributed by atoms with Gasteiger partial charge in [0.25, 0.3) is 15.9 Å². The predicted molar refractivity (Wildman–Crippen MR) is 114 cm³/mol. The Hall–Kier alpha value is -2.23. The lowest BCUT2D eigenvalue weighted by molar-refractivity contribution is -0.118. The molecule has 2 heterocycles. The van der Waals surface area contributed by atoms with Gasteiger partial charge in [-0.3, -0.25) is 9.59 Å². The summed E-state index contributed by atoms with van der Waals surface area (Å²) in [6, 6.07) is 10.2. The van der Waals surface area contributed by atoms with Crippen molar-refractivity contribution in [3.8, 4) is 0 Å². The van der Waals surface area contributed by atoms with Crippen LogP contribution in [0.5, 0.6) is 0 Å². The van der Waals surface area contributed by atoms with E-state index in [1.807, 2.05) is 20.8 Å². The van der Waals surface area contributed by atoms with E-state index in [2.05, 4.69) is 5.32 Å². The van der Waals surface area contributed by atoms with Gasteiger partial charge in [0.2, 0.25) is 5.91 Å². The number of benzene rings is 1. The lowest BCUT2D eigenvalue weighted by Gasteiger charge is -2.33. The first-order valence-corrected chi connectivity index (χ1v) is 11.7. The fraction of sp³-hybridized carbons (Fsp3) is 0.400. The molecular weight excluding hydrogens is 410 g/mol. The van der Waals surface area contributed by atoms with Crippen molar-refractivity contribution in [3.63, 3.8) is 0 Å². The molecule has 156 valence electrons. The van der Waals surface area contributed by atoms with Crippen LogP contribution in [0.1, 0.15) is 29.1 Å². The number of thiophene rings is 1. The van der Waals surface area contributed by atoms with E-state index >= 15 is 0 Å². The minimum atomic E-state index is -3.51. The van der Waals surface area contributed by atoms with Crippen LogP contribution in [0.4, 0.5) is 5.69 Å². The normalized spacial score (nSPS) is 15.5. The van der Waals surface area contributed by atoms with Gasteiger partial charge in [0.1, 0.15) is 4.21 Å². The second-order valence-electron chi connectivity index (χ2n) is 7.28. The second kappa shape index (κ2) is 8.64. The summed E-state index contributed by atoms with van der Waals surface area (Å²) in [4.78, 5) is 27.1. The number of nitrogens with one attached hydrogen (secondary N) is 1. The monoisotopic (exact) mass is 435 g/mol. The van der Waals surface area contributed by atoms with E-state index in [9.17, 15) is 18.0 Å². The van der Waals surface area contributed by atoms with Gasteiger partial charge < -0.3 is 10.2 Å². The molecule has 0 bridgehead atoms. The molecular formula is C20H25N3O4S2. The molecule has 0 aliphatic carbocycles. The molecule has 0 spiro atoms. The van der Waals surface area contributed by atoms with E-state index in [1.54, 1.807) is 41.3 Å². The van der Waals surface area contributed by atoms with E-state index < -0.39 is 10.0 Å². The maximum Gasteiger partial charge on any atom is 0.253 e. The molecule has 0 saturated carbocycles. The molecule has 1 saturated heterocycles. The molecule has 1 aromatic heterocycles. The predicted octanol–water partition coefficient (Wildman–Crippen LogP) is 2.80. The molecule has 0 unspecified atom stereocenters. The van der Waals surface area contributed by atoms with Crippen LogP contribution in [0.3, 0.4) is 0 Å². The summed E-state index contributed by atoms with van der Waals surface area (Å²) in [6.45, 7) is 6.73. The van der Waals surface area contributed by atoms with Crippen LogP contribution in [0.15, 0.2) is 40.6 Å². The third-order valence-corrected chi connectivity index (χ3v) is 8.13. The Morgan fingerprint density at radius 3 is 2.14 bits per heavy atom. The van der Waals surface area contributed by atoms with Crippen LogP contribution in [0, 0.1) is 12.8 Å². The molecule has 1 fully saturated rings. The number of hydrogen-bond donors (Lipinski definition) is 1. The van der Waals surface area contributed by atoms with Crippen LogP contribution < -0.4 is 5.32 Å². The zero-order valence-electron chi connectivity index (χ0n) is 16.7. The molecule has 0 radical (unpaired) electrons. The average Bonchev–Trinajstić information content (AvgIpc) is 3.15. The maximum atomic E-state index is 12.7. The van der Waals surface area contributed by atoms with E-state index in [0.717, 1.165) is 4.88 Å². The third kappa shape index (κ3) is 4.85. The molecule has 3 rings (SSSR count). The summed E-state index contributed by atoms with van der Waals surface area (Å²) in [5.74, 6) is -0.347. The van der Waals surface area contributed by atoms with Crippen LogP contribution in [-0.4, -0.2) is 55.6 Å². The Kier molecular flexibility index (Phi) is 6.40. The Labute approximate surface area is 175 Å². The van der Waals surface area contributed by atoms with E-state index in [1.165, 1.54) is 15.6 Å². The number of piperazine rings is 1. The highest BCUT2D eigenvalue weighted by molar-refractivity contribution is 7.91. The summed E-state index contributed by atoms with van der Waals surface area (Å²) in [5, 5.41) is 2.79. The largest absolute Gasteiger partial charge is 0.336 e. The lowest BCUT2D eigenvalue weighted by atomic mass is 10.1. The van der Waals surface area contributed by atoms with Gasteiger partial charge in [0.15, 0.2) is 0 Å². The van der Waals surface area contributed by atoms with Crippen molar-refractivity contribution in [2.24, 2.45) is 5.92 Å². The Morgan fingerprint density at radius 2 is 1.62 bits per heavy atom. The number of anilines is 1. The van der Waals surface area contributed by atoms with Crippen molar-refractivity contribution in [2.75, 3.05) is 31.5 Å². The first kappa shape index (κ1) is 21.5. The second-order valence-corrected chi connectivity index (χ2v) is 10.7.